The van der Waals surface area contributed by atoms with Crippen molar-refractivity contribution in [1.29, 1.82) is 0 Å². The van der Waals surface area contributed by atoms with Gasteiger partial charge in [-0.1, -0.05) is 62.4 Å². The van der Waals surface area contributed by atoms with E-state index in [0.717, 1.165) is 5.56 Å². The molecule has 3 aromatic heterocycles. The molecule has 0 radical (unpaired) electrons. The lowest BCUT2D eigenvalue weighted by Crippen LogP contribution is -2.29. The van der Waals surface area contributed by atoms with E-state index in [-0.39, 0.29) is 16.7 Å². The van der Waals surface area contributed by atoms with Crippen LogP contribution in [0.2, 0.25) is 0 Å². The minimum Gasteiger partial charge on any atom is -0.505 e. The van der Waals surface area contributed by atoms with Crippen LogP contribution in [0.3, 0.4) is 0 Å². The third kappa shape index (κ3) is 3.72. The summed E-state index contributed by atoms with van der Waals surface area (Å²) < 4.78 is 1.72. The highest BCUT2D eigenvalue weighted by Crippen LogP contribution is 2.43. The van der Waals surface area contributed by atoms with Gasteiger partial charge in [-0.25, -0.2) is 4.98 Å². The van der Waals surface area contributed by atoms with Gasteiger partial charge in [-0.3, -0.25) is 18.9 Å². The summed E-state index contributed by atoms with van der Waals surface area (Å²) in [5.41, 5.74) is 3.30. The second kappa shape index (κ2) is 8.13. The number of aliphatic hydroxyl groups excluding tert-OH is 1. The Bertz CT molecular complexity index is 1510. The molecule has 0 saturated carbocycles. The minimum absolute atomic E-state index is 0.000106. The van der Waals surface area contributed by atoms with E-state index in [0.29, 0.717) is 32.7 Å². The molecule has 0 spiro atoms. The third-order valence-electron chi connectivity index (χ3n) is 6.19. The molecular weight excluding hydrogens is 462 g/mol. The molecule has 1 aromatic carbocycles. The molecule has 35 heavy (non-hydrogen) atoms. The number of amides is 1. The number of imidazole rings is 1. The van der Waals surface area contributed by atoms with Crippen LogP contribution in [-0.4, -0.2) is 36.4 Å². The van der Waals surface area contributed by atoms with Crippen molar-refractivity contribution in [3.63, 3.8) is 0 Å². The molecule has 5 rings (SSSR count). The third-order valence-corrected chi connectivity index (χ3v) is 7.02. The number of pyridine rings is 1. The maximum atomic E-state index is 13.4. The summed E-state index contributed by atoms with van der Waals surface area (Å²) >= 11 is 1.22. The molecule has 1 fully saturated rings. The van der Waals surface area contributed by atoms with E-state index < -0.39 is 17.7 Å². The number of benzene rings is 1. The number of aromatic nitrogens is 4. The van der Waals surface area contributed by atoms with Crippen LogP contribution < -0.4 is 4.90 Å². The van der Waals surface area contributed by atoms with E-state index in [4.69, 9.17) is 0 Å². The van der Waals surface area contributed by atoms with Crippen LogP contribution in [0.4, 0.5) is 5.13 Å². The number of rotatable bonds is 3. The molecule has 1 saturated heterocycles. The summed E-state index contributed by atoms with van der Waals surface area (Å²) in [7, 11) is 0. The molecule has 1 aliphatic rings. The van der Waals surface area contributed by atoms with Crippen molar-refractivity contribution in [1.82, 2.24) is 19.6 Å². The average molecular weight is 488 g/mol. The van der Waals surface area contributed by atoms with E-state index in [9.17, 15) is 14.7 Å². The van der Waals surface area contributed by atoms with E-state index in [2.05, 4.69) is 36.0 Å². The first-order chi connectivity index (χ1) is 16.6. The molecule has 1 aliphatic heterocycles. The van der Waals surface area contributed by atoms with Crippen molar-refractivity contribution in [3.8, 4) is 0 Å². The Morgan fingerprint density at radius 1 is 1.03 bits per heavy atom. The van der Waals surface area contributed by atoms with Crippen molar-refractivity contribution in [3.05, 3.63) is 81.8 Å². The molecule has 9 heteroatoms. The van der Waals surface area contributed by atoms with Crippen molar-refractivity contribution in [2.75, 3.05) is 4.90 Å². The number of fused-ring (bicyclic) bond motifs is 1. The van der Waals surface area contributed by atoms with Crippen molar-refractivity contribution in [2.45, 2.75) is 46.1 Å². The highest BCUT2D eigenvalue weighted by molar-refractivity contribution is 7.15. The predicted octanol–water partition coefficient (Wildman–Crippen LogP) is 4.73. The van der Waals surface area contributed by atoms with Gasteiger partial charge in [0, 0.05) is 6.20 Å². The Labute approximate surface area is 206 Å². The van der Waals surface area contributed by atoms with Crippen LogP contribution in [0.1, 0.15) is 54.3 Å². The smallest absolute Gasteiger partial charge is 0.301 e. The lowest BCUT2D eigenvalue weighted by molar-refractivity contribution is -0.132. The second-order valence-electron chi connectivity index (χ2n) is 9.62. The monoisotopic (exact) mass is 487 g/mol. The number of anilines is 1. The summed E-state index contributed by atoms with van der Waals surface area (Å²) in [5, 5.41) is 20.7. The van der Waals surface area contributed by atoms with Gasteiger partial charge in [0.25, 0.3) is 5.78 Å². The van der Waals surface area contributed by atoms with Gasteiger partial charge in [0.1, 0.15) is 16.3 Å². The molecule has 178 valence electrons. The lowest BCUT2D eigenvalue weighted by Gasteiger charge is -2.24. The summed E-state index contributed by atoms with van der Waals surface area (Å²) in [6.45, 7) is 9.90. The van der Waals surface area contributed by atoms with Crippen LogP contribution in [0, 0.1) is 13.8 Å². The van der Waals surface area contributed by atoms with E-state index in [1.54, 1.807) is 24.4 Å². The molecule has 1 atom stereocenters. The van der Waals surface area contributed by atoms with Crippen molar-refractivity contribution in [2.24, 2.45) is 0 Å². The zero-order chi connectivity index (χ0) is 25.1. The lowest BCUT2D eigenvalue weighted by atomic mass is 9.85. The van der Waals surface area contributed by atoms with Crippen LogP contribution in [-0.2, 0) is 15.0 Å². The van der Waals surface area contributed by atoms with Gasteiger partial charge in [-0.05, 0) is 42.5 Å². The standard InChI is InChI=1S/C26H25N5O3S/c1-14-20(30-13-7-6-8-18(30)27-14)22(32)19-21(16-9-11-17(12-10-16)26(3,4)5)31(24(34)23(19)33)25-29-28-15(2)35-25/h6-13,21,32H,1-5H3/b22-19+. The summed E-state index contributed by atoms with van der Waals surface area (Å²) in [4.78, 5) is 32.6. The number of hydrogen-bond donors (Lipinski definition) is 1. The van der Waals surface area contributed by atoms with E-state index in [1.807, 2.05) is 42.5 Å². The molecule has 0 bridgehead atoms. The number of aliphatic hydroxyl groups is 1. The van der Waals surface area contributed by atoms with Crippen LogP contribution in [0.25, 0.3) is 11.4 Å². The van der Waals surface area contributed by atoms with Gasteiger partial charge in [0.15, 0.2) is 5.76 Å². The number of hydrogen-bond acceptors (Lipinski definition) is 7. The topological polar surface area (TPSA) is 101 Å². The van der Waals surface area contributed by atoms with Gasteiger partial charge in [-0.2, -0.15) is 0 Å². The number of ketones is 1. The van der Waals surface area contributed by atoms with E-state index >= 15 is 0 Å². The maximum Gasteiger partial charge on any atom is 0.301 e. The Kier molecular flexibility index (Phi) is 5.32. The first-order valence-electron chi connectivity index (χ1n) is 11.2. The first-order valence-corrected chi connectivity index (χ1v) is 12.0. The Morgan fingerprint density at radius 2 is 1.74 bits per heavy atom. The first kappa shape index (κ1) is 22.9. The van der Waals surface area contributed by atoms with Crippen LogP contribution >= 0.6 is 11.3 Å². The van der Waals surface area contributed by atoms with Crippen molar-refractivity contribution < 1.29 is 14.7 Å². The quantitative estimate of drug-likeness (QED) is 0.255. The molecule has 8 nitrogen and oxygen atoms in total. The number of Topliss-reactive ketones (excluding diaryl/α,β-unsaturated/α-hetero) is 1. The van der Waals surface area contributed by atoms with Gasteiger partial charge in [-0.15, -0.1) is 10.2 Å². The Balaban J connectivity index is 1.75. The Hall–Kier alpha value is -3.85. The fourth-order valence-corrected chi connectivity index (χ4v) is 5.13. The molecule has 0 aliphatic carbocycles. The summed E-state index contributed by atoms with van der Waals surface area (Å²) in [6.07, 6.45) is 1.77. The zero-order valence-electron chi connectivity index (χ0n) is 20.1. The SMILES string of the molecule is Cc1nnc(N2C(=O)C(=O)/C(=C(/O)c3c(C)nc4ccccn34)C2c2ccc(C(C)(C)C)cc2)s1. The highest BCUT2D eigenvalue weighted by atomic mass is 32.1. The van der Waals surface area contributed by atoms with Gasteiger partial charge in [0.05, 0.1) is 17.3 Å². The fourth-order valence-electron chi connectivity index (χ4n) is 4.42. The summed E-state index contributed by atoms with van der Waals surface area (Å²) in [6, 6.07) is 12.4. The molecule has 1 N–H and O–H groups in total. The average Bonchev–Trinajstić information content (AvgIpc) is 3.46. The van der Waals surface area contributed by atoms with Gasteiger partial charge in [0.2, 0.25) is 5.13 Å². The Morgan fingerprint density at radius 3 is 2.37 bits per heavy atom. The largest absolute Gasteiger partial charge is 0.505 e. The maximum absolute atomic E-state index is 13.4. The molecule has 4 aromatic rings. The number of carbonyl (C=O) groups excluding carboxylic acids is 2. The van der Waals surface area contributed by atoms with Gasteiger partial charge >= 0.3 is 5.91 Å². The van der Waals surface area contributed by atoms with Crippen LogP contribution in [0.5, 0.6) is 0 Å². The van der Waals surface area contributed by atoms with Gasteiger partial charge < -0.3 is 5.11 Å². The highest BCUT2D eigenvalue weighted by Gasteiger charge is 2.48. The summed E-state index contributed by atoms with van der Waals surface area (Å²) in [5.74, 6) is -1.79. The minimum atomic E-state index is -0.856. The number of aryl methyl sites for hydroxylation is 2. The predicted molar refractivity (Wildman–Crippen MR) is 134 cm³/mol. The molecule has 1 unspecified atom stereocenters. The molecular formula is C26H25N5O3S. The second-order valence-corrected chi connectivity index (χ2v) is 10.8. The molecule has 1 amide bonds. The fraction of sp³-hybridized carbons (Fsp3) is 0.269. The van der Waals surface area contributed by atoms with E-state index in [1.165, 1.54) is 16.2 Å². The number of nitrogens with zero attached hydrogens (tertiary/aromatic N) is 5. The normalized spacial score (nSPS) is 18.1. The number of carbonyl (C=O) groups is 2. The molecule has 4 heterocycles. The zero-order valence-corrected chi connectivity index (χ0v) is 20.9. The van der Waals surface area contributed by atoms with Crippen LogP contribution in [0.15, 0.2) is 54.2 Å². The van der Waals surface area contributed by atoms with Crippen molar-refractivity contribution >= 4 is 39.6 Å².